The zero-order chi connectivity index (χ0) is 15.3. The highest BCUT2D eigenvalue weighted by Crippen LogP contribution is 2.20. The molecular formula is C14H22N2O4S. The lowest BCUT2D eigenvalue weighted by atomic mass is 9.93. The first kappa shape index (κ1) is 16.1. The number of aliphatic hydroxyl groups excluding tert-OH is 1. The predicted molar refractivity (Wildman–Crippen MR) is 81.5 cm³/mol. The molecule has 1 fully saturated rings. The fourth-order valence-electron chi connectivity index (χ4n) is 2.41. The highest BCUT2D eigenvalue weighted by Gasteiger charge is 2.27. The summed E-state index contributed by atoms with van der Waals surface area (Å²) in [5, 5.41) is 9.80. The summed E-state index contributed by atoms with van der Waals surface area (Å²) in [6, 6.07) is 6.56. The standard InChI is InChI=1S/C14H22N2O4S/c15-11-5-1-4-8-14(11)20-9-10-21(18,19)16-12-6-2-3-7-13(12)17/h1,4-5,8,12-13,16-17H,2-3,6-7,9-10,15H2. The van der Waals surface area contributed by atoms with Gasteiger partial charge in [0.05, 0.1) is 17.5 Å². The van der Waals surface area contributed by atoms with E-state index in [1.165, 1.54) is 0 Å². The minimum atomic E-state index is -3.47. The number of sulfonamides is 1. The van der Waals surface area contributed by atoms with Crippen molar-refractivity contribution in [3.63, 3.8) is 0 Å². The summed E-state index contributed by atoms with van der Waals surface area (Å²) in [6.07, 6.45) is 2.59. The SMILES string of the molecule is Nc1ccccc1OCCS(=O)(=O)NC1CCCCC1O. The van der Waals surface area contributed by atoms with Crippen LogP contribution in [0.15, 0.2) is 24.3 Å². The fraction of sp³-hybridized carbons (Fsp3) is 0.571. The smallest absolute Gasteiger partial charge is 0.215 e. The van der Waals surface area contributed by atoms with Crippen molar-refractivity contribution in [2.45, 2.75) is 37.8 Å². The molecular weight excluding hydrogens is 292 g/mol. The highest BCUT2D eigenvalue weighted by atomic mass is 32.2. The summed E-state index contributed by atoms with van der Waals surface area (Å²) in [7, 11) is -3.47. The van der Waals surface area contributed by atoms with Crippen molar-refractivity contribution < 1.29 is 18.3 Å². The maximum atomic E-state index is 12.0. The number of hydrogen-bond acceptors (Lipinski definition) is 5. The summed E-state index contributed by atoms with van der Waals surface area (Å²) in [5.41, 5.74) is 6.19. The Morgan fingerprint density at radius 2 is 2.00 bits per heavy atom. The van der Waals surface area contributed by atoms with Crippen LogP contribution in [0.4, 0.5) is 5.69 Å². The maximum absolute atomic E-state index is 12.0. The molecule has 1 saturated carbocycles. The first-order valence-corrected chi connectivity index (χ1v) is 8.78. The molecule has 0 heterocycles. The molecule has 118 valence electrons. The number of benzene rings is 1. The van der Waals surface area contributed by atoms with E-state index in [1.807, 2.05) is 0 Å². The monoisotopic (exact) mass is 314 g/mol. The molecule has 21 heavy (non-hydrogen) atoms. The predicted octanol–water partition coefficient (Wildman–Crippen LogP) is 0.870. The maximum Gasteiger partial charge on any atom is 0.215 e. The molecule has 1 aliphatic carbocycles. The lowest BCUT2D eigenvalue weighted by Gasteiger charge is -2.28. The molecule has 0 aliphatic heterocycles. The Morgan fingerprint density at radius 3 is 2.71 bits per heavy atom. The third-order valence-electron chi connectivity index (χ3n) is 3.59. The molecule has 2 unspecified atom stereocenters. The number of nitrogens with one attached hydrogen (secondary N) is 1. The van der Waals surface area contributed by atoms with E-state index < -0.39 is 16.1 Å². The summed E-state index contributed by atoms with van der Waals surface area (Å²) in [5.74, 6) is 0.315. The third kappa shape index (κ3) is 4.87. The van der Waals surface area contributed by atoms with Gasteiger partial charge in [-0.1, -0.05) is 25.0 Å². The number of anilines is 1. The van der Waals surface area contributed by atoms with Crippen molar-refractivity contribution in [1.29, 1.82) is 0 Å². The van der Waals surface area contributed by atoms with E-state index in [-0.39, 0.29) is 18.4 Å². The number of hydrogen-bond donors (Lipinski definition) is 3. The average Bonchev–Trinajstić information content (AvgIpc) is 2.43. The molecule has 7 heteroatoms. The fourth-order valence-corrected chi connectivity index (χ4v) is 3.57. The van der Waals surface area contributed by atoms with Crippen molar-refractivity contribution in [2.75, 3.05) is 18.1 Å². The number of nitrogen functional groups attached to an aromatic ring is 1. The van der Waals surface area contributed by atoms with Crippen molar-refractivity contribution in [1.82, 2.24) is 4.72 Å². The summed E-state index contributed by atoms with van der Waals surface area (Å²) >= 11 is 0. The van der Waals surface area contributed by atoms with Gasteiger partial charge in [-0.15, -0.1) is 0 Å². The van der Waals surface area contributed by atoms with E-state index in [9.17, 15) is 13.5 Å². The van der Waals surface area contributed by atoms with Crippen LogP contribution in [-0.2, 0) is 10.0 Å². The number of ether oxygens (including phenoxy) is 1. The number of aliphatic hydroxyl groups is 1. The van der Waals surface area contributed by atoms with Crippen LogP contribution in [0.3, 0.4) is 0 Å². The molecule has 6 nitrogen and oxygen atoms in total. The minimum absolute atomic E-state index is 0.0202. The Labute approximate surface area is 125 Å². The highest BCUT2D eigenvalue weighted by molar-refractivity contribution is 7.89. The van der Waals surface area contributed by atoms with Crippen molar-refractivity contribution in [3.05, 3.63) is 24.3 Å². The average molecular weight is 314 g/mol. The zero-order valence-electron chi connectivity index (χ0n) is 11.9. The molecule has 1 aliphatic rings. The molecule has 0 aromatic heterocycles. The quantitative estimate of drug-likeness (QED) is 0.676. The van der Waals surface area contributed by atoms with E-state index in [0.717, 1.165) is 12.8 Å². The van der Waals surface area contributed by atoms with Gasteiger partial charge < -0.3 is 15.6 Å². The summed E-state index contributed by atoms with van der Waals surface area (Å²) in [6.45, 7) is 0.0202. The van der Waals surface area contributed by atoms with E-state index in [4.69, 9.17) is 10.5 Å². The Kier molecular flexibility index (Phi) is 5.44. The van der Waals surface area contributed by atoms with Gasteiger partial charge in [0.2, 0.25) is 10.0 Å². The molecule has 0 bridgehead atoms. The van der Waals surface area contributed by atoms with Crippen LogP contribution in [0, 0.1) is 0 Å². The van der Waals surface area contributed by atoms with Crippen molar-refractivity contribution in [3.8, 4) is 5.75 Å². The van der Waals surface area contributed by atoms with Crippen LogP contribution in [0.25, 0.3) is 0 Å². The largest absolute Gasteiger partial charge is 0.490 e. The minimum Gasteiger partial charge on any atom is -0.490 e. The molecule has 1 aromatic carbocycles. The number of para-hydroxylation sites is 2. The first-order chi connectivity index (χ1) is 9.98. The second kappa shape index (κ2) is 7.11. The lowest BCUT2D eigenvalue weighted by Crippen LogP contribution is -2.46. The van der Waals surface area contributed by atoms with Gasteiger partial charge in [-0.25, -0.2) is 13.1 Å². The van der Waals surface area contributed by atoms with Crippen LogP contribution in [0.2, 0.25) is 0 Å². The number of rotatable bonds is 6. The molecule has 0 radical (unpaired) electrons. The summed E-state index contributed by atoms with van der Waals surface area (Å²) in [4.78, 5) is 0. The van der Waals surface area contributed by atoms with Crippen molar-refractivity contribution >= 4 is 15.7 Å². The van der Waals surface area contributed by atoms with Crippen LogP contribution in [-0.4, -0.2) is 38.0 Å². The van der Waals surface area contributed by atoms with Gasteiger partial charge >= 0.3 is 0 Å². The Morgan fingerprint density at radius 1 is 1.29 bits per heavy atom. The first-order valence-electron chi connectivity index (χ1n) is 7.13. The van der Waals surface area contributed by atoms with E-state index >= 15 is 0 Å². The molecule has 2 atom stereocenters. The second-order valence-corrected chi connectivity index (χ2v) is 7.15. The van der Waals surface area contributed by atoms with Crippen LogP contribution < -0.4 is 15.2 Å². The second-order valence-electron chi connectivity index (χ2n) is 5.28. The van der Waals surface area contributed by atoms with Crippen molar-refractivity contribution in [2.24, 2.45) is 0 Å². The zero-order valence-corrected chi connectivity index (χ0v) is 12.7. The molecule has 0 saturated heterocycles. The Bertz CT molecular complexity index is 562. The van der Waals surface area contributed by atoms with Crippen LogP contribution in [0.5, 0.6) is 5.75 Å². The lowest BCUT2D eigenvalue weighted by molar-refractivity contribution is 0.101. The summed E-state index contributed by atoms with van der Waals surface area (Å²) < 4.78 is 31.9. The van der Waals surface area contributed by atoms with E-state index in [0.29, 0.717) is 24.3 Å². The Hall–Kier alpha value is -1.31. The van der Waals surface area contributed by atoms with Gasteiger partial charge in [-0.2, -0.15) is 0 Å². The van der Waals surface area contributed by atoms with Gasteiger partial charge in [0.15, 0.2) is 0 Å². The molecule has 2 rings (SSSR count). The van der Waals surface area contributed by atoms with Gasteiger partial charge in [-0.3, -0.25) is 0 Å². The molecule has 0 spiro atoms. The Balaban J connectivity index is 1.82. The van der Waals surface area contributed by atoms with Gasteiger partial charge in [0, 0.05) is 6.04 Å². The molecule has 4 N–H and O–H groups in total. The van der Waals surface area contributed by atoms with Gasteiger partial charge in [0.25, 0.3) is 0 Å². The number of nitrogens with two attached hydrogens (primary N) is 1. The normalized spacial score (nSPS) is 22.9. The molecule has 1 aromatic rings. The van der Waals surface area contributed by atoms with Gasteiger partial charge in [-0.05, 0) is 25.0 Å². The van der Waals surface area contributed by atoms with Crippen LogP contribution in [0.1, 0.15) is 25.7 Å². The van der Waals surface area contributed by atoms with E-state index in [1.54, 1.807) is 24.3 Å². The van der Waals surface area contributed by atoms with Gasteiger partial charge in [0.1, 0.15) is 12.4 Å². The van der Waals surface area contributed by atoms with Crippen LogP contribution >= 0.6 is 0 Å². The topological polar surface area (TPSA) is 102 Å². The third-order valence-corrected chi connectivity index (χ3v) is 4.96. The van der Waals surface area contributed by atoms with E-state index in [2.05, 4.69) is 4.72 Å². The molecule has 0 amide bonds.